The van der Waals surface area contributed by atoms with E-state index in [0.717, 1.165) is 0 Å². The number of ether oxygens (including phenoxy) is 1. The molecule has 3 heterocycles. The summed E-state index contributed by atoms with van der Waals surface area (Å²) in [6.45, 7) is 3.93. The van der Waals surface area contributed by atoms with E-state index in [1.165, 1.54) is 37.6 Å². The minimum absolute atomic E-state index is 0.0176. The summed E-state index contributed by atoms with van der Waals surface area (Å²) in [7, 11) is 1.27. The van der Waals surface area contributed by atoms with Gasteiger partial charge < -0.3 is 14.5 Å². The predicted octanol–water partition coefficient (Wildman–Crippen LogP) is 4.45. The molecule has 0 aliphatic heterocycles. The molecule has 0 radical (unpaired) electrons. The van der Waals surface area contributed by atoms with Crippen LogP contribution in [-0.4, -0.2) is 33.8 Å². The van der Waals surface area contributed by atoms with Gasteiger partial charge in [0.1, 0.15) is 11.5 Å². The van der Waals surface area contributed by atoms with Crippen LogP contribution >= 0.6 is 0 Å². The van der Waals surface area contributed by atoms with Crippen molar-refractivity contribution in [3.8, 4) is 11.5 Å². The highest BCUT2D eigenvalue weighted by molar-refractivity contribution is 6.06. The highest BCUT2D eigenvalue weighted by Crippen LogP contribution is 2.28. The number of rotatable bonds is 7. The van der Waals surface area contributed by atoms with Gasteiger partial charge in [-0.1, -0.05) is 12.1 Å². The topological polar surface area (TPSA) is 99.2 Å². The molecule has 0 spiro atoms. The zero-order chi connectivity index (χ0) is 23.5. The Bertz CT molecular complexity index is 1280. The van der Waals surface area contributed by atoms with Crippen molar-refractivity contribution in [1.29, 1.82) is 0 Å². The molecule has 1 aromatic carbocycles. The van der Waals surface area contributed by atoms with Gasteiger partial charge in [0.15, 0.2) is 11.4 Å². The van der Waals surface area contributed by atoms with Crippen LogP contribution in [-0.2, 0) is 9.53 Å². The Balaban J connectivity index is 1.76. The maximum absolute atomic E-state index is 13.4. The van der Waals surface area contributed by atoms with Crippen molar-refractivity contribution in [3.05, 3.63) is 71.9 Å². The van der Waals surface area contributed by atoms with Gasteiger partial charge in [-0.25, -0.2) is 14.1 Å². The van der Waals surface area contributed by atoms with E-state index in [0.29, 0.717) is 33.6 Å². The zero-order valence-corrected chi connectivity index (χ0v) is 18.4. The Morgan fingerprint density at radius 2 is 1.97 bits per heavy atom. The van der Waals surface area contributed by atoms with Crippen LogP contribution in [0.3, 0.4) is 0 Å². The summed E-state index contributed by atoms with van der Waals surface area (Å²) in [6.07, 6.45) is 3.01. The molecule has 0 saturated heterocycles. The Morgan fingerprint density at radius 3 is 2.61 bits per heavy atom. The number of aromatic nitrogens is 3. The number of esters is 1. The van der Waals surface area contributed by atoms with Crippen LogP contribution in [0.15, 0.2) is 59.3 Å². The average Bonchev–Trinajstić information content (AvgIpc) is 3.48. The number of amides is 1. The lowest BCUT2D eigenvalue weighted by Gasteiger charge is -2.19. The number of pyridine rings is 1. The number of furan rings is 1. The van der Waals surface area contributed by atoms with Crippen LogP contribution in [0.4, 0.5) is 4.39 Å². The van der Waals surface area contributed by atoms with Crippen molar-refractivity contribution >= 4 is 22.9 Å². The first-order valence-corrected chi connectivity index (χ1v) is 10.4. The summed E-state index contributed by atoms with van der Waals surface area (Å²) >= 11 is 0. The number of benzene rings is 1. The molecule has 1 amide bonds. The van der Waals surface area contributed by atoms with Gasteiger partial charge in [-0.15, -0.1) is 0 Å². The Morgan fingerprint density at radius 1 is 1.21 bits per heavy atom. The molecular formula is C24H23FN4O4. The number of nitrogens with one attached hydrogen (secondary N) is 1. The van der Waals surface area contributed by atoms with E-state index in [2.05, 4.69) is 15.4 Å². The van der Waals surface area contributed by atoms with E-state index in [-0.39, 0.29) is 12.5 Å². The molecule has 1 unspecified atom stereocenters. The van der Waals surface area contributed by atoms with Crippen LogP contribution in [0.2, 0.25) is 0 Å². The maximum Gasteiger partial charge on any atom is 0.307 e. The molecule has 9 heteroatoms. The van der Waals surface area contributed by atoms with Crippen molar-refractivity contribution in [2.24, 2.45) is 0 Å². The largest absolute Gasteiger partial charge is 0.469 e. The maximum atomic E-state index is 13.4. The number of hydrogen-bond donors (Lipinski definition) is 1. The number of halogens is 1. The number of fused-ring (bicyclic) bond motifs is 1. The first kappa shape index (κ1) is 22.2. The molecule has 0 bridgehead atoms. The van der Waals surface area contributed by atoms with Crippen molar-refractivity contribution in [3.63, 3.8) is 0 Å². The quantitative estimate of drug-likeness (QED) is 0.418. The van der Waals surface area contributed by atoms with Crippen molar-refractivity contribution in [1.82, 2.24) is 20.1 Å². The van der Waals surface area contributed by atoms with E-state index in [9.17, 15) is 14.0 Å². The molecule has 0 fully saturated rings. The number of carbonyl (C=O) groups excluding carboxylic acids is 2. The smallest absolute Gasteiger partial charge is 0.307 e. The Hall–Kier alpha value is -4.01. The van der Waals surface area contributed by atoms with Gasteiger partial charge in [-0.2, -0.15) is 5.10 Å². The second-order valence-electron chi connectivity index (χ2n) is 7.81. The number of hydrogen-bond acceptors (Lipinski definition) is 6. The van der Waals surface area contributed by atoms with Gasteiger partial charge in [0, 0.05) is 6.04 Å². The molecule has 0 aliphatic carbocycles. The summed E-state index contributed by atoms with van der Waals surface area (Å²) in [6, 6.07) is 10.0. The molecule has 170 valence electrons. The fourth-order valence-electron chi connectivity index (χ4n) is 3.57. The van der Waals surface area contributed by atoms with Crippen LogP contribution in [0.25, 0.3) is 22.5 Å². The van der Waals surface area contributed by atoms with Gasteiger partial charge in [0.2, 0.25) is 0 Å². The molecule has 33 heavy (non-hydrogen) atoms. The van der Waals surface area contributed by atoms with Crippen LogP contribution in [0.1, 0.15) is 48.3 Å². The lowest BCUT2D eigenvalue weighted by atomic mass is 10.0. The van der Waals surface area contributed by atoms with E-state index >= 15 is 0 Å². The Labute approximate surface area is 189 Å². The first-order chi connectivity index (χ1) is 15.9. The van der Waals surface area contributed by atoms with Crippen molar-refractivity contribution < 1.29 is 23.1 Å². The van der Waals surface area contributed by atoms with E-state index in [1.54, 1.807) is 29.1 Å². The van der Waals surface area contributed by atoms with Gasteiger partial charge in [0.05, 0.1) is 43.0 Å². The zero-order valence-electron chi connectivity index (χ0n) is 18.4. The van der Waals surface area contributed by atoms with Crippen LogP contribution in [0.5, 0.6) is 0 Å². The SMILES string of the molecule is COC(=O)CC(NC(=O)c1cc(-c2ccco2)nc2c1cnn2C(C)C)c1ccc(F)cc1. The molecular weight excluding hydrogens is 427 g/mol. The van der Waals surface area contributed by atoms with Crippen LogP contribution in [0, 0.1) is 5.82 Å². The van der Waals surface area contributed by atoms with Crippen LogP contribution < -0.4 is 5.32 Å². The molecule has 8 nitrogen and oxygen atoms in total. The lowest BCUT2D eigenvalue weighted by Crippen LogP contribution is -2.30. The third kappa shape index (κ3) is 4.62. The molecule has 4 aromatic rings. The minimum atomic E-state index is -0.721. The molecule has 0 aliphatic rings. The third-order valence-electron chi connectivity index (χ3n) is 5.25. The van der Waals surface area contributed by atoms with E-state index < -0.39 is 23.7 Å². The Kier molecular flexibility index (Phi) is 6.21. The van der Waals surface area contributed by atoms with E-state index in [4.69, 9.17) is 9.15 Å². The summed E-state index contributed by atoms with van der Waals surface area (Å²) in [5, 5.41) is 7.84. The van der Waals surface area contributed by atoms with Crippen molar-refractivity contribution in [2.45, 2.75) is 32.4 Å². The number of methoxy groups -OCH3 is 1. The van der Waals surface area contributed by atoms with Gasteiger partial charge >= 0.3 is 5.97 Å². The molecule has 3 aromatic heterocycles. The standard InChI is InChI=1S/C24H23FN4O4/c1-14(2)29-23-18(13-26-29)17(11-20(27-23)21-5-4-10-33-21)24(31)28-19(12-22(30)32-3)15-6-8-16(25)9-7-15/h4-11,13-14,19H,12H2,1-3H3,(H,28,31). The highest BCUT2D eigenvalue weighted by atomic mass is 19.1. The van der Waals surface area contributed by atoms with Gasteiger partial charge in [-0.05, 0) is 49.7 Å². The monoisotopic (exact) mass is 450 g/mol. The summed E-state index contributed by atoms with van der Waals surface area (Å²) in [4.78, 5) is 30.1. The summed E-state index contributed by atoms with van der Waals surface area (Å²) in [5.74, 6) is -0.848. The first-order valence-electron chi connectivity index (χ1n) is 10.4. The second kappa shape index (κ2) is 9.23. The average molecular weight is 450 g/mol. The van der Waals surface area contributed by atoms with E-state index in [1.807, 2.05) is 13.8 Å². The number of nitrogens with zero attached hydrogens (tertiary/aromatic N) is 3. The summed E-state index contributed by atoms with van der Waals surface area (Å²) < 4.78 is 25.4. The predicted molar refractivity (Wildman–Crippen MR) is 119 cm³/mol. The van der Waals surface area contributed by atoms with Gasteiger partial charge in [0.25, 0.3) is 5.91 Å². The highest BCUT2D eigenvalue weighted by Gasteiger charge is 2.24. The second-order valence-corrected chi connectivity index (χ2v) is 7.81. The lowest BCUT2D eigenvalue weighted by molar-refractivity contribution is -0.141. The molecule has 4 rings (SSSR count). The fraction of sp³-hybridized carbons (Fsp3) is 0.250. The minimum Gasteiger partial charge on any atom is -0.469 e. The number of carbonyl (C=O) groups is 2. The molecule has 1 N–H and O–H groups in total. The fourth-order valence-corrected chi connectivity index (χ4v) is 3.57. The van der Waals surface area contributed by atoms with Gasteiger partial charge in [-0.3, -0.25) is 9.59 Å². The third-order valence-corrected chi connectivity index (χ3v) is 5.25. The summed E-state index contributed by atoms with van der Waals surface area (Å²) in [5.41, 5.74) is 1.92. The molecule has 1 atom stereocenters. The normalized spacial score (nSPS) is 12.2. The van der Waals surface area contributed by atoms with Crippen molar-refractivity contribution in [2.75, 3.05) is 7.11 Å². The molecule has 0 saturated carbocycles.